The SMILES string of the molecule is COc1ccccc1Cn1cnc2c1c(=O)n(C(C)C)c(=O)n2-c1ccc(F)cc1. The van der Waals surface area contributed by atoms with Crippen LogP contribution in [-0.4, -0.2) is 25.8 Å². The van der Waals surface area contributed by atoms with E-state index in [4.69, 9.17) is 4.74 Å². The van der Waals surface area contributed by atoms with E-state index >= 15 is 0 Å². The van der Waals surface area contributed by atoms with E-state index in [1.54, 1.807) is 25.5 Å². The standard InChI is InChI=1S/C22H21FN4O3/c1-14(2)26-21(28)19-20(27(22(26)29)17-10-8-16(23)9-11-17)24-13-25(19)12-15-6-4-5-7-18(15)30-3/h4-11,13-14H,12H2,1-3H3. The van der Waals surface area contributed by atoms with Gasteiger partial charge in [-0.3, -0.25) is 9.36 Å². The molecule has 0 amide bonds. The monoisotopic (exact) mass is 408 g/mol. The predicted molar refractivity (Wildman–Crippen MR) is 112 cm³/mol. The molecule has 4 rings (SSSR count). The smallest absolute Gasteiger partial charge is 0.337 e. The largest absolute Gasteiger partial charge is 0.496 e. The Balaban J connectivity index is 2.01. The summed E-state index contributed by atoms with van der Waals surface area (Å²) < 4.78 is 23.1. The van der Waals surface area contributed by atoms with E-state index in [9.17, 15) is 14.0 Å². The van der Waals surface area contributed by atoms with Crippen molar-refractivity contribution in [3.63, 3.8) is 0 Å². The van der Waals surface area contributed by atoms with Crippen molar-refractivity contribution in [1.29, 1.82) is 0 Å². The number of imidazole rings is 1. The highest BCUT2D eigenvalue weighted by Crippen LogP contribution is 2.21. The van der Waals surface area contributed by atoms with Gasteiger partial charge in [0.1, 0.15) is 11.6 Å². The Morgan fingerprint density at radius 2 is 1.77 bits per heavy atom. The van der Waals surface area contributed by atoms with Crippen molar-refractivity contribution in [3.8, 4) is 11.4 Å². The van der Waals surface area contributed by atoms with Crippen LogP contribution in [0, 0.1) is 5.82 Å². The third kappa shape index (κ3) is 3.20. The summed E-state index contributed by atoms with van der Waals surface area (Å²) in [5.74, 6) is 0.275. The van der Waals surface area contributed by atoms with Crippen molar-refractivity contribution in [2.45, 2.75) is 26.4 Å². The molecule has 0 spiro atoms. The van der Waals surface area contributed by atoms with Gasteiger partial charge in [-0.15, -0.1) is 0 Å². The molecule has 4 aromatic rings. The molecule has 7 nitrogen and oxygen atoms in total. The molecular formula is C22H21FN4O3. The van der Waals surface area contributed by atoms with Gasteiger partial charge in [0.05, 0.1) is 25.7 Å². The van der Waals surface area contributed by atoms with Crippen molar-refractivity contribution in [2.75, 3.05) is 7.11 Å². The van der Waals surface area contributed by atoms with Gasteiger partial charge >= 0.3 is 5.69 Å². The average Bonchev–Trinajstić information content (AvgIpc) is 3.13. The molecule has 30 heavy (non-hydrogen) atoms. The number of benzene rings is 2. The number of aromatic nitrogens is 4. The average molecular weight is 408 g/mol. The maximum absolute atomic E-state index is 13.4. The van der Waals surface area contributed by atoms with Gasteiger partial charge < -0.3 is 9.30 Å². The van der Waals surface area contributed by atoms with Crippen LogP contribution in [-0.2, 0) is 6.54 Å². The van der Waals surface area contributed by atoms with Gasteiger partial charge in [-0.1, -0.05) is 18.2 Å². The summed E-state index contributed by atoms with van der Waals surface area (Å²) in [7, 11) is 1.59. The van der Waals surface area contributed by atoms with Crippen LogP contribution in [0.5, 0.6) is 5.75 Å². The van der Waals surface area contributed by atoms with E-state index in [1.165, 1.54) is 39.7 Å². The van der Waals surface area contributed by atoms with Crippen LogP contribution < -0.4 is 16.0 Å². The normalized spacial score (nSPS) is 11.4. The molecule has 0 aliphatic rings. The molecule has 154 valence electrons. The molecule has 0 saturated carbocycles. The predicted octanol–water partition coefficient (Wildman–Crippen LogP) is 3.13. The first kappa shape index (κ1) is 19.6. The van der Waals surface area contributed by atoms with Crippen molar-refractivity contribution >= 4 is 11.2 Å². The van der Waals surface area contributed by atoms with Gasteiger partial charge in [-0.25, -0.2) is 18.7 Å². The summed E-state index contributed by atoms with van der Waals surface area (Å²) in [5.41, 5.74) is 0.881. The molecule has 0 atom stereocenters. The minimum absolute atomic E-state index is 0.225. The molecule has 0 fully saturated rings. The second-order valence-corrected chi connectivity index (χ2v) is 7.22. The lowest BCUT2D eigenvalue weighted by atomic mass is 10.2. The summed E-state index contributed by atoms with van der Waals surface area (Å²) in [6, 6.07) is 12.7. The van der Waals surface area contributed by atoms with Gasteiger partial charge in [0.2, 0.25) is 0 Å². The molecule has 2 aromatic carbocycles. The Morgan fingerprint density at radius 1 is 1.07 bits per heavy atom. The van der Waals surface area contributed by atoms with E-state index < -0.39 is 17.1 Å². The first-order valence-electron chi connectivity index (χ1n) is 9.52. The molecule has 2 heterocycles. The second kappa shape index (κ2) is 7.62. The van der Waals surface area contributed by atoms with Crippen molar-refractivity contribution in [2.24, 2.45) is 0 Å². The van der Waals surface area contributed by atoms with Crippen LogP contribution in [0.15, 0.2) is 64.4 Å². The highest BCUT2D eigenvalue weighted by atomic mass is 19.1. The number of nitrogens with zero attached hydrogens (tertiary/aromatic N) is 4. The summed E-state index contributed by atoms with van der Waals surface area (Å²) >= 11 is 0. The van der Waals surface area contributed by atoms with Gasteiger partial charge in [0.15, 0.2) is 11.2 Å². The Kier molecular flexibility index (Phi) is 4.99. The molecule has 0 bridgehead atoms. The van der Waals surface area contributed by atoms with Crippen molar-refractivity contribution < 1.29 is 9.13 Å². The zero-order valence-corrected chi connectivity index (χ0v) is 16.9. The quantitative estimate of drug-likeness (QED) is 0.509. The molecule has 0 aliphatic carbocycles. The van der Waals surface area contributed by atoms with Gasteiger partial charge in [-0.05, 0) is 44.2 Å². The number of methoxy groups -OCH3 is 1. The summed E-state index contributed by atoms with van der Waals surface area (Å²) in [4.78, 5) is 30.8. The zero-order valence-electron chi connectivity index (χ0n) is 16.9. The van der Waals surface area contributed by atoms with E-state index in [0.717, 1.165) is 5.56 Å². The second-order valence-electron chi connectivity index (χ2n) is 7.22. The Bertz CT molecular complexity index is 1330. The molecule has 0 N–H and O–H groups in total. The Hall–Kier alpha value is -3.68. The molecule has 0 radical (unpaired) electrons. The zero-order chi connectivity index (χ0) is 21.4. The first-order chi connectivity index (χ1) is 14.4. The third-order valence-electron chi connectivity index (χ3n) is 4.98. The third-order valence-corrected chi connectivity index (χ3v) is 4.98. The van der Waals surface area contributed by atoms with Crippen LogP contribution >= 0.6 is 0 Å². The topological polar surface area (TPSA) is 71.1 Å². The number of para-hydroxylation sites is 1. The molecular weight excluding hydrogens is 387 g/mol. The van der Waals surface area contributed by atoms with Crippen molar-refractivity contribution in [1.82, 2.24) is 18.7 Å². The van der Waals surface area contributed by atoms with E-state index in [2.05, 4.69) is 4.98 Å². The van der Waals surface area contributed by atoms with Crippen molar-refractivity contribution in [3.05, 3.63) is 87.1 Å². The minimum atomic E-state index is -0.517. The number of halogens is 1. The number of ether oxygens (including phenoxy) is 1. The number of rotatable bonds is 5. The number of hydrogen-bond donors (Lipinski definition) is 0. The molecule has 0 saturated heterocycles. The lowest BCUT2D eigenvalue weighted by Crippen LogP contribution is -2.41. The first-order valence-corrected chi connectivity index (χ1v) is 9.52. The van der Waals surface area contributed by atoms with Crippen LogP contribution in [0.3, 0.4) is 0 Å². The van der Waals surface area contributed by atoms with Crippen LogP contribution in [0.4, 0.5) is 4.39 Å². The molecule has 2 aromatic heterocycles. The van der Waals surface area contributed by atoms with E-state index in [0.29, 0.717) is 23.5 Å². The van der Waals surface area contributed by atoms with Crippen LogP contribution in [0.2, 0.25) is 0 Å². The van der Waals surface area contributed by atoms with Crippen LogP contribution in [0.25, 0.3) is 16.9 Å². The van der Waals surface area contributed by atoms with Crippen LogP contribution in [0.1, 0.15) is 25.5 Å². The highest BCUT2D eigenvalue weighted by molar-refractivity contribution is 5.72. The van der Waals surface area contributed by atoms with E-state index in [-0.39, 0.29) is 11.7 Å². The summed E-state index contributed by atoms with van der Waals surface area (Å²) in [6.07, 6.45) is 1.53. The summed E-state index contributed by atoms with van der Waals surface area (Å²) in [5, 5.41) is 0. The summed E-state index contributed by atoms with van der Waals surface area (Å²) in [6.45, 7) is 3.88. The highest BCUT2D eigenvalue weighted by Gasteiger charge is 2.21. The molecule has 0 aliphatic heterocycles. The van der Waals surface area contributed by atoms with E-state index in [1.807, 2.05) is 24.3 Å². The van der Waals surface area contributed by atoms with Gasteiger partial charge in [-0.2, -0.15) is 0 Å². The number of hydrogen-bond acceptors (Lipinski definition) is 4. The minimum Gasteiger partial charge on any atom is -0.496 e. The van der Waals surface area contributed by atoms with Gasteiger partial charge in [0, 0.05) is 11.6 Å². The molecule has 8 heteroatoms. The molecule has 0 unspecified atom stereocenters. The number of fused-ring (bicyclic) bond motifs is 1. The maximum atomic E-state index is 13.4. The fourth-order valence-electron chi connectivity index (χ4n) is 3.57. The Morgan fingerprint density at radius 3 is 2.43 bits per heavy atom. The fourth-order valence-corrected chi connectivity index (χ4v) is 3.57. The maximum Gasteiger partial charge on any atom is 0.337 e. The lowest BCUT2D eigenvalue weighted by molar-refractivity contribution is 0.408. The Labute approximate surface area is 171 Å². The fraction of sp³-hybridized carbons (Fsp3) is 0.227. The van der Waals surface area contributed by atoms with Gasteiger partial charge in [0.25, 0.3) is 5.56 Å². The lowest BCUT2D eigenvalue weighted by Gasteiger charge is -2.15.